The molecule has 3 heteroatoms. The van der Waals surface area contributed by atoms with Gasteiger partial charge in [-0.05, 0) is 19.8 Å². The van der Waals surface area contributed by atoms with Gasteiger partial charge in [0.15, 0.2) is 0 Å². The van der Waals surface area contributed by atoms with Crippen LogP contribution in [0, 0.1) is 23.2 Å². The normalized spacial score (nSPS) is 15.0. The fraction of sp³-hybridized carbons (Fsp3) is 0.750. The van der Waals surface area contributed by atoms with E-state index in [4.69, 9.17) is 11.0 Å². The summed E-state index contributed by atoms with van der Waals surface area (Å²) in [6.07, 6.45) is 1.31. The van der Waals surface area contributed by atoms with E-state index in [1.54, 1.807) is 6.92 Å². The van der Waals surface area contributed by atoms with E-state index in [-0.39, 0.29) is 17.7 Å². The van der Waals surface area contributed by atoms with Crippen molar-refractivity contribution in [1.29, 1.82) is 5.26 Å². The molecule has 0 bridgehead atoms. The molecule has 0 aliphatic rings. The average molecular weight is 154 g/mol. The third-order valence-corrected chi connectivity index (χ3v) is 1.75. The minimum absolute atomic E-state index is 0.0764. The Kier molecular flexibility index (Phi) is 4.28. The van der Waals surface area contributed by atoms with E-state index in [0.717, 1.165) is 6.42 Å². The molecule has 0 saturated heterocycles. The topological polar surface area (TPSA) is 66.9 Å². The second kappa shape index (κ2) is 4.73. The second-order valence-corrected chi connectivity index (χ2v) is 2.77. The van der Waals surface area contributed by atoms with Gasteiger partial charge < -0.3 is 5.73 Å². The van der Waals surface area contributed by atoms with Gasteiger partial charge in [0.05, 0.1) is 6.07 Å². The Balaban J connectivity index is 3.90. The van der Waals surface area contributed by atoms with Crippen LogP contribution in [-0.4, -0.2) is 5.91 Å². The third kappa shape index (κ3) is 3.61. The number of hydrogen-bond donors (Lipinski definition) is 1. The number of hydrogen-bond acceptors (Lipinski definition) is 2. The van der Waals surface area contributed by atoms with E-state index >= 15 is 0 Å². The lowest BCUT2D eigenvalue weighted by atomic mass is 9.94. The molecular weight excluding hydrogens is 140 g/mol. The molecule has 1 amide bonds. The summed E-state index contributed by atoms with van der Waals surface area (Å²) in [5.41, 5.74) is 5.10. The number of nitriles is 1. The Morgan fingerprint density at radius 1 is 1.73 bits per heavy atom. The van der Waals surface area contributed by atoms with E-state index in [0.29, 0.717) is 6.42 Å². The number of primary amides is 1. The quantitative estimate of drug-likeness (QED) is 0.657. The van der Waals surface area contributed by atoms with Crippen molar-refractivity contribution in [2.24, 2.45) is 17.6 Å². The van der Waals surface area contributed by atoms with Crippen molar-refractivity contribution < 1.29 is 4.79 Å². The molecule has 0 aromatic carbocycles. The van der Waals surface area contributed by atoms with E-state index in [2.05, 4.69) is 6.07 Å². The van der Waals surface area contributed by atoms with Crippen LogP contribution in [0.2, 0.25) is 0 Å². The molecule has 0 fully saturated rings. The van der Waals surface area contributed by atoms with Gasteiger partial charge in [0, 0.05) is 11.8 Å². The van der Waals surface area contributed by atoms with Crippen LogP contribution < -0.4 is 5.73 Å². The van der Waals surface area contributed by atoms with Gasteiger partial charge in [0.25, 0.3) is 0 Å². The van der Waals surface area contributed by atoms with Gasteiger partial charge in [-0.1, -0.05) is 6.92 Å². The minimum atomic E-state index is -0.297. The number of carbonyl (C=O) groups is 1. The zero-order valence-electron chi connectivity index (χ0n) is 7.00. The monoisotopic (exact) mass is 154 g/mol. The molecule has 3 nitrogen and oxygen atoms in total. The van der Waals surface area contributed by atoms with Gasteiger partial charge in [0.2, 0.25) is 5.91 Å². The van der Waals surface area contributed by atoms with E-state index in [1.165, 1.54) is 0 Å². The lowest BCUT2D eigenvalue weighted by molar-refractivity contribution is -0.122. The Morgan fingerprint density at radius 3 is 2.55 bits per heavy atom. The summed E-state index contributed by atoms with van der Waals surface area (Å²) in [7, 11) is 0. The second-order valence-electron chi connectivity index (χ2n) is 2.77. The number of nitrogens with two attached hydrogens (primary N) is 1. The Hall–Kier alpha value is -1.04. The standard InChI is InChI=1S/C8H14N2O/c1-3-7(8(10)11)4-6(2)5-9/h6-7H,3-4H2,1-2H3,(H2,10,11). The maximum Gasteiger partial charge on any atom is 0.220 e. The van der Waals surface area contributed by atoms with E-state index in [9.17, 15) is 4.79 Å². The number of rotatable bonds is 4. The Morgan fingerprint density at radius 2 is 2.27 bits per heavy atom. The molecule has 0 radical (unpaired) electrons. The Bertz CT molecular complexity index is 171. The van der Waals surface area contributed by atoms with E-state index < -0.39 is 0 Å². The molecule has 2 unspecified atom stereocenters. The zero-order chi connectivity index (χ0) is 8.85. The highest BCUT2D eigenvalue weighted by atomic mass is 16.1. The van der Waals surface area contributed by atoms with Gasteiger partial charge in [0.1, 0.15) is 0 Å². The first-order valence-corrected chi connectivity index (χ1v) is 3.80. The molecule has 0 aromatic rings. The van der Waals surface area contributed by atoms with Crippen molar-refractivity contribution in [3.8, 4) is 6.07 Å². The molecule has 11 heavy (non-hydrogen) atoms. The largest absolute Gasteiger partial charge is 0.369 e. The molecule has 0 aliphatic carbocycles. The van der Waals surface area contributed by atoms with Crippen molar-refractivity contribution in [2.45, 2.75) is 26.7 Å². The van der Waals surface area contributed by atoms with Gasteiger partial charge >= 0.3 is 0 Å². The molecular formula is C8H14N2O. The van der Waals surface area contributed by atoms with Crippen LogP contribution >= 0.6 is 0 Å². The lowest BCUT2D eigenvalue weighted by Gasteiger charge is -2.10. The predicted molar refractivity (Wildman–Crippen MR) is 42.4 cm³/mol. The zero-order valence-corrected chi connectivity index (χ0v) is 7.00. The molecule has 0 spiro atoms. The van der Waals surface area contributed by atoms with Gasteiger partial charge in [-0.2, -0.15) is 5.26 Å². The summed E-state index contributed by atoms with van der Waals surface area (Å²) in [6, 6.07) is 2.08. The number of amides is 1. The first kappa shape index (κ1) is 9.96. The summed E-state index contributed by atoms with van der Waals surface area (Å²) >= 11 is 0. The van der Waals surface area contributed by atoms with Crippen molar-refractivity contribution in [1.82, 2.24) is 0 Å². The van der Waals surface area contributed by atoms with Gasteiger partial charge in [-0.25, -0.2) is 0 Å². The van der Waals surface area contributed by atoms with Crippen molar-refractivity contribution in [2.75, 3.05) is 0 Å². The highest BCUT2D eigenvalue weighted by Gasteiger charge is 2.15. The average Bonchev–Trinajstić information content (AvgIpc) is 1.99. The van der Waals surface area contributed by atoms with Crippen LogP contribution in [0.1, 0.15) is 26.7 Å². The lowest BCUT2D eigenvalue weighted by Crippen LogP contribution is -2.24. The van der Waals surface area contributed by atoms with E-state index in [1.807, 2.05) is 6.92 Å². The van der Waals surface area contributed by atoms with Crippen molar-refractivity contribution >= 4 is 5.91 Å². The molecule has 0 heterocycles. The maximum atomic E-state index is 10.7. The summed E-state index contributed by atoms with van der Waals surface area (Å²) in [6.45, 7) is 3.70. The fourth-order valence-electron chi connectivity index (χ4n) is 0.963. The Labute approximate surface area is 67.2 Å². The van der Waals surface area contributed by atoms with Gasteiger partial charge in [-0.15, -0.1) is 0 Å². The first-order valence-electron chi connectivity index (χ1n) is 3.80. The minimum Gasteiger partial charge on any atom is -0.369 e. The molecule has 0 aliphatic heterocycles. The highest BCUT2D eigenvalue weighted by molar-refractivity contribution is 5.76. The van der Waals surface area contributed by atoms with Crippen LogP contribution in [0.5, 0.6) is 0 Å². The van der Waals surface area contributed by atoms with Crippen molar-refractivity contribution in [3.05, 3.63) is 0 Å². The SMILES string of the molecule is CCC(CC(C)C#N)C(N)=O. The number of nitrogens with zero attached hydrogens (tertiary/aromatic N) is 1. The molecule has 62 valence electrons. The first-order chi connectivity index (χ1) is 5.11. The summed E-state index contributed by atoms with van der Waals surface area (Å²) in [5, 5.41) is 8.46. The van der Waals surface area contributed by atoms with Crippen molar-refractivity contribution in [3.63, 3.8) is 0 Å². The van der Waals surface area contributed by atoms with Crippen LogP contribution in [0.3, 0.4) is 0 Å². The predicted octanol–water partition coefficient (Wildman–Crippen LogP) is 1.05. The molecule has 2 atom stereocenters. The fourth-order valence-corrected chi connectivity index (χ4v) is 0.963. The molecule has 0 aromatic heterocycles. The smallest absolute Gasteiger partial charge is 0.220 e. The van der Waals surface area contributed by atoms with Crippen LogP contribution in [0.25, 0.3) is 0 Å². The molecule has 0 saturated carbocycles. The molecule has 2 N–H and O–H groups in total. The summed E-state index contributed by atoms with van der Waals surface area (Å²) in [5.74, 6) is -0.508. The third-order valence-electron chi connectivity index (χ3n) is 1.75. The molecule has 0 rings (SSSR count). The summed E-state index contributed by atoms with van der Waals surface area (Å²) in [4.78, 5) is 10.7. The van der Waals surface area contributed by atoms with Gasteiger partial charge in [-0.3, -0.25) is 4.79 Å². The van der Waals surface area contributed by atoms with Crippen LogP contribution in [0.4, 0.5) is 0 Å². The van der Waals surface area contributed by atoms with Crippen LogP contribution in [-0.2, 0) is 4.79 Å². The van der Waals surface area contributed by atoms with Crippen LogP contribution in [0.15, 0.2) is 0 Å². The summed E-state index contributed by atoms with van der Waals surface area (Å²) < 4.78 is 0. The number of carbonyl (C=O) groups excluding carboxylic acids is 1. The maximum absolute atomic E-state index is 10.7. The highest BCUT2D eigenvalue weighted by Crippen LogP contribution is 2.13.